The molecule has 7 heteroatoms. The monoisotopic (exact) mass is 318 g/mol. The third kappa shape index (κ3) is 2.36. The third-order valence-electron chi connectivity index (χ3n) is 3.58. The number of hydrogen-bond donors (Lipinski definition) is 1. The molecule has 24 heavy (non-hydrogen) atoms. The number of benzene rings is 1. The van der Waals surface area contributed by atoms with Gasteiger partial charge in [-0.3, -0.25) is 4.98 Å². The number of anilines is 1. The first-order valence-corrected chi connectivity index (χ1v) is 7.53. The van der Waals surface area contributed by atoms with Crippen molar-refractivity contribution in [2.45, 2.75) is 6.92 Å². The number of nitrogens with zero attached hydrogens (tertiary/aromatic N) is 5. The van der Waals surface area contributed by atoms with Gasteiger partial charge in [-0.1, -0.05) is 24.3 Å². The molecule has 0 bridgehead atoms. The van der Waals surface area contributed by atoms with E-state index in [-0.39, 0.29) is 5.95 Å². The molecule has 0 unspecified atom stereocenters. The lowest BCUT2D eigenvalue weighted by molar-refractivity contribution is 0.330. The molecule has 7 nitrogen and oxygen atoms in total. The van der Waals surface area contributed by atoms with Crippen molar-refractivity contribution in [1.82, 2.24) is 24.9 Å². The second-order valence-electron chi connectivity index (χ2n) is 5.13. The highest BCUT2D eigenvalue weighted by Crippen LogP contribution is 2.28. The molecule has 0 radical (unpaired) electrons. The van der Waals surface area contributed by atoms with Crippen LogP contribution in [-0.2, 0) is 0 Å². The molecule has 0 saturated heterocycles. The first kappa shape index (κ1) is 14.3. The van der Waals surface area contributed by atoms with E-state index in [1.807, 2.05) is 37.3 Å². The molecule has 1 aromatic carbocycles. The van der Waals surface area contributed by atoms with Gasteiger partial charge < -0.3 is 10.5 Å². The normalized spacial score (nSPS) is 11.0. The summed E-state index contributed by atoms with van der Waals surface area (Å²) < 4.78 is 5.53. The van der Waals surface area contributed by atoms with Gasteiger partial charge >= 0.3 is 0 Å². The van der Waals surface area contributed by atoms with Crippen molar-refractivity contribution >= 4 is 28.0 Å². The van der Waals surface area contributed by atoms with Gasteiger partial charge in [0.2, 0.25) is 11.8 Å². The van der Waals surface area contributed by atoms with E-state index in [4.69, 9.17) is 10.5 Å². The molecule has 0 atom stereocenters. The maximum atomic E-state index is 5.70. The van der Waals surface area contributed by atoms with Crippen LogP contribution in [0.3, 0.4) is 0 Å². The molecule has 0 aliphatic carbocycles. The van der Waals surface area contributed by atoms with Gasteiger partial charge in [0, 0.05) is 17.1 Å². The van der Waals surface area contributed by atoms with Gasteiger partial charge in [0.1, 0.15) is 0 Å². The van der Waals surface area contributed by atoms with Crippen LogP contribution in [-0.4, -0.2) is 31.5 Å². The summed E-state index contributed by atoms with van der Waals surface area (Å²) in [5.41, 5.74) is 9.02. The van der Waals surface area contributed by atoms with Crippen molar-refractivity contribution in [3.63, 3.8) is 0 Å². The molecular weight excluding hydrogens is 304 g/mol. The van der Waals surface area contributed by atoms with Gasteiger partial charge in [0.05, 0.1) is 24.0 Å². The third-order valence-corrected chi connectivity index (χ3v) is 3.58. The van der Waals surface area contributed by atoms with Crippen molar-refractivity contribution in [3.8, 4) is 17.1 Å². The van der Waals surface area contributed by atoms with Crippen LogP contribution in [0.25, 0.3) is 33.3 Å². The molecule has 2 N–H and O–H groups in total. The lowest BCUT2D eigenvalue weighted by Crippen LogP contribution is -2.04. The van der Waals surface area contributed by atoms with Gasteiger partial charge in [-0.25, -0.2) is 9.97 Å². The van der Waals surface area contributed by atoms with Crippen LogP contribution in [0.15, 0.2) is 42.7 Å². The largest absolute Gasteiger partial charge is 0.476 e. The average Bonchev–Trinajstić information content (AvgIpc) is 2.61. The minimum Gasteiger partial charge on any atom is -0.476 e. The SMILES string of the molecule is CCOc1nc(N)nc2ncc(-c3cccc4cccnc34)nc12. The predicted octanol–water partition coefficient (Wildman–Crippen LogP) is 2.62. The summed E-state index contributed by atoms with van der Waals surface area (Å²) in [5.74, 6) is 0.447. The number of para-hydroxylation sites is 1. The fourth-order valence-corrected chi connectivity index (χ4v) is 2.58. The quantitative estimate of drug-likeness (QED) is 0.619. The number of nitrogens with two attached hydrogens (primary N) is 1. The Balaban J connectivity index is 1.97. The Labute approximate surface area is 137 Å². The Morgan fingerprint density at radius 1 is 1.00 bits per heavy atom. The second-order valence-corrected chi connectivity index (χ2v) is 5.13. The van der Waals surface area contributed by atoms with Crippen LogP contribution in [0.4, 0.5) is 5.95 Å². The molecule has 4 aromatic rings. The number of pyridine rings is 1. The second kappa shape index (κ2) is 5.69. The van der Waals surface area contributed by atoms with E-state index < -0.39 is 0 Å². The summed E-state index contributed by atoms with van der Waals surface area (Å²) in [6.45, 7) is 2.32. The Morgan fingerprint density at radius 2 is 1.88 bits per heavy atom. The number of fused-ring (bicyclic) bond motifs is 2. The minimum absolute atomic E-state index is 0.111. The number of hydrogen-bond acceptors (Lipinski definition) is 7. The zero-order valence-electron chi connectivity index (χ0n) is 13.0. The molecule has 3 heterocycles. The van der Waals surface area contributed by atoms with Gasteiger partial charge in [-0.2, -0.15) is 9.97 Å². The fraction of sp³-hybridized carbons (Fsp3) is 0.118. The van der Waals surface area contributed by atoms with Crippen LogP contribution in [0.1, 0.15) is 6.92 Å². The highest BCUT2D eigenvalue weighted by atomic mass is 16.5. The van der Waals surface area contributed by atoms with Crippen LogP contribution in [0.2, 0.25) is 0 Å². The summed E-state index contributed by atoms with van der Waals surface area (Å²) in [4.78, 5) is 21.7. The van der Waals surface area contributed by atoms with Crippen molar-refractivity contribution in [2.24, 2.45) is 0 Å². The molecule has 3 aromatic heterocycles. The number of rotatable bonds is 3. The van der Waals surface area contributed by atoms with Crippen molar-refractivity contribution < 1.29 is 4.74 Å². The fourth-order valence-electron chi connectivity index (χ4n) is 2.58. The zero-order valence-corrected chi connectivity index (χ0v) is 13.0. The molecule has 0 aliphatic rings. The Kier molecular flexibility index (Phi) is 3.38. The molecule has 118 valence electrons. The Morgan fingerprint density at radius 3 is 2.75 bits per heavy atom. The van der Waals surface area contributed by atoms with Crippen LogP contribution < -0.4 is 10.5 Å². The number of ether oxygens (including phenoxy) is 1. The van der Waals surface area contributed by atoms with E-state index in [9.17, 15) is 0 Å². The molecule has 0 saturated carbocycles. The summed E-state index contributed by atoms with van der Waals surface area (Å²) in [5, 5.41) is 1.04. The van der Waals surface area contributed by atoms with E-state index >= 15 is 0 Å². The zero-order chi connectivity index (χ0) is 16.5. The molecule has 4 rings (SSSR count). The lowest BCUT2D eigenvalue weighted by atomic mass is 10.1. The predicted molar refractivity (Wildman–Crippen MR) is 91.4 cm³/mol. The van der Waals surface area contributed by atoms with Crippen LogP contribution >= 0.6 is 0 Å². The smallest absolute Gasteiger partial charge is 0.247 e. The van der Waals surface area contributed by atoms with Gasteiger partial charge in [0.25, 0.3) is 0 Å². The van der Waals surface area contributed by atoms with Crippen LogP contribution in [0, 0.1) is 0 Å². The number of nitrogen functional groups attached to an aromatic ring is 1. The summed E-state index contributed by atoms with van der Waals surface area (Å²) >= 11 is 0. The summed E-state index contributed by atoms with van der Waals surface area (Å²) in [7, 11) is 0. The Bertz CT molecular complexity index is 1040. The highest BCUT2D eigenvalue weighted by molar-refractivity contribution is 5.93. The van der Waals surface area contributed by atoms with E-state index in [0.717, 1.165) is 16.5 Å². The maximum Gasteiger partial charge on any atom is 0.247 e. The molecular formula is C17H14N6O. The van der Waals surface area contributed by atoms with E-state index in [1.54, 1.807) is 12.4 Å². The van der Waals surface area contributed by atoms with E-state index in [2.05, 4.69) is 24.9 Å². The maximum absolute atomic E-state index is 5.70. The summed E-state index contributed by atoms with van der Waals surface area (Å²) in [6, 6.07) is 9.85. The average molecular weight is 318 g/mol. The van der Waals surface area contributed by atoms with E-state index in [0.29, 0.717) is 29.3 Å². The van der Waals surface area contributed by atoms with Crippen molar-refractivity contribution in [2.75, 3.05) is 12.3 Å². The van der Waals surface area contributed by atoms with Crippen molar-refractivity contribution in [3.05, 3.63) is 42.7 Å². The molecule has 0 amide bonds. The topological polar surface area (TPSA) is 99.7 Å². The Hall–Kier alpha value is -3.35. The molecule has 0 aliphatic heterocycles. The minimum atomic E-state index is 0.111. The highest BCUT2D eigenvalue weighted by Gasteiger charge is 2.13. The lowest BCUT2D eigenvalue weighted by Gasteiger charge is -2.08. The van der Waals surface area contributed by atoms with Crippen LogP contribution in [0.5, 0.6) is 5.88 Å². The molecule has 0 spiro atoms. The standard InChI is InChI=1S/C17H14N6O/c1-2-24-16-14-15(22-17(18)23-16)20-9-12(21-14)11-7-3-5-10-6-4-8-19-13(10)11/h3-9H,2H2,1H3,(H2,18,20,22,23). The van der Waals surface area contributed by atoms with Gasteiger partial charge in [-0.15, -0.1) is 0 Å². The van der Waals surface area contributed by atoms with E-state index in [1.165, 1.54) is 0 Å². The number of aromatic nitrogens is 5. The van der Waals surface area contributed by atoms with Gasteiger partial charge in [-0.05, 0) is 13.0 Å². The first-order chi connectivity index (χ1) is 11.8. The first-order valence-electron chi connectivity index (χ1n) is 7.53. The summed E-state index contributed by atoms with van der Waals surface area (Å²) in [6.07, 6.45) is 3.42. The molecule has 0 fully saturated rings. The van der Waals surface area contributed by atoms with Gasteiger partial charge in [0.15, 0.2) is 11.2 Å². The van der Waals surface area contributed by atoms with Crippen molar-refractivity contribution in [1.29, 1.82) is 0 Å².